The number of carbonyl (C=O) groups excluding carboxylic acids is 1. The molecule has 0 atom stereocenters. The lowest BCUT2D eigenvalue weighted by Gasteiger charge is -2.25. The van der Waals surface area contributed by atoms with Crippen LogP contribution >= 0.6 is 0 Å². The minimum Gasteiger partial charge on any atom is -0.356 e. The van der Waals surface area contributed by atoms with Crippen molar-refractivity contribution in [2.75, 3.05) is 10.6 Å². The number of carbonyl (C=O) groups is 1. The van der Waals surface area contributed by atoms with Crippen LogP contribution in [0.4, 0.5) is 11.5 Å². The van der Waals surface area contributed by atoms with E-state index in [4.69, 9.17) is 0 Å². The van der Waals surface area contributed by atoms with Gasteiger partial charge in [0.15, 0.2) is 0 Å². The van der Waals surface area contributed by atoms with Crippen LogP contribution in [-0.2, 0) is 4.79 Å². The minimum absolute atomic E-state index is 0.107. The molecule has 0 unspecified atom stereocenters. The molecule has 1 amide bonds. The van der Waals surface area contributed by atoms with E-state index in [-0.39, 0.29) is 5.91 Å². The molecule has 4 nitrogen and oxygen atoms in total. The molecule has 1 aromatic heterocycles. The Morgan fingerprint density at radius 1 is 1.05 bits per heavy atom. The summed E-state index contributed by atoms with van der Waals surface area (Å²) in [4.78, 5) is 16.4. The first kappa shape index (κ1) is 13.1. The summed E-state index contributed by atoms with van der Waals surface area (Å²) < 4.78 is 0. The smallest absolute Gasteiger partial charge is 0.249 e. The standard InChI is InChI=1S/C15H17N3O/c1-15(2,18-13-10-6-7-11-16-13)14(19)17-12-8-4-3-5-9-12/h3-11H,1-2H3,(H,16,18)(H,17,19). The molecule has 19 heavy (non-hydrogen) atoms. The van der Waals surface area contributed by atoms with Crippen LogP contribution < -0.4 is 10.6 Å². The molecule has 2 rings (SSSR count). The van der Waals surface area contributed by atoms with E-state index in [0.29, 0.717) is 5.82 Å². The van der Waals surface area contributed by atoms with Crippen molar-refractivity contribution in [2.45, 2.75) is 19.4 Å². The average Bonchev–Trinajstić information content (AvgIpc) is 2.40. The molecule has 2 N–H and O–H groups in total. The van der Waals surface area contributed by atoms with Crippen LogP contribution in [0.1, 0.15) is 13.8 Å². The van der Waals surface area contributed by atoms with E-state index in [1.165, 1.54) is 0 Å². The van der Waals surface area contributed by atoms with E-state index in [1.54, 1.807) is 6.20 Å². The highest BCUT2D eigenvalue weighted by atomic mass is 16.2. The zero-order chi connectivity index (χ0) is 13.7. The fourth-order valence-electron chi connectivity index (χ4n) is 1.62. The summed E-state index contributed by atoms with van der Waals surface area (Å²) in [5, 5.41) is 5.99. The van der Waals surface area contributed by atoms with E-state index >= 15 is 0 Å². The van der Waals surface area contributed by atoms with Crippen LogP contribution in [0.25, 0.3) is 0 Å². The van der Waals surface area contributed by atoms with Gasteiger partial charge in [-0.1, -0.05) is 24.3 Å². The van der Waals surface area contributed by atoms with Crippen LogP contribution in [0, 0.1) is 0 Å². The van der Waals surface area contributed by atoms with Gasteiger partial charge in [0.1, 0.15) is 11.4 Å². The van der Waals surface area contributed by atoms with Crippen LogP contribution in [-0.4, -0.2) is 16.4 Å². The molecule has 2 aromatic rings. The van der Waals surface area contributed by atoms with Crippen molar-refractivity contribution in [1.29, 1.82) is 0 Å². The van der Waals surface area contributed by atoms with Gasteiger partial charge in [-0.05, 0) is 38.1 Å². The minimum atomic E-state index is -0.746. The zero-order valence-corrected chi connectivity index (χ0v) is 11.1. The molecule has 0 aliphatic carbocycles. The summed E-state index contributed by atoms with van der Waals surface area (Å²) >= 11 is 0. The van der Waals surface area contributed by atoms with Gasteiger partial charge in [0.2, 0.25) is 5.91 Å². The molecule has 0 spiro atoms. The Hall–Kier alpha value is -2.36. The summed E-state index contributed by atoms with van der Waals surface area (Å²) in [6.07, 6.45) is 1.69. The van der Waals surface area contributed by atoms with Crippen molar-refractivity contribution in [2.24, 2.45) is 0 Å². The maximum absolute atomic E-state index is 12.2. The first-order chi connectivity index (χ1) is 9.08. The van der Waals surface area contributed by atoms with Crippen LogP contribution in [0.15, 0.2) is 54.7 Å². The third kappa shape index (κ3) is 3.55. The lowest BCUT2D eigenvalue weighted by atomic mass is 10.0. The monoisotopic (exact) mass is 255 g/mol. The summed E-state index contributed by atoms with van der Waals surface area (Å²) in [5.41, 5.74) is 0.0351. The second kappa shape index (κ2) is 5.52. The number of para-hydroxylation sites is 1. The molecule has 0 saturated carbocycles. The van der Waals surface area contributed by atoms with Gasteiger partial charge in [0.05, 0.1) is 0 Å². The van der Waals surface area contributed by atoms with Gasteiger partial charge < -0.3 is 10.6 Å². The Labute approximate surface area is 112 Å². The molecule has 0 radical (unpaired) electrons. The lowest BCUT2D eigenvalue weighted by molar-refractivity contribution is -0.119. The molecule has 4 heteroatoms. The predicted octanol–water partition coefficient (Wildman–Crippen LogP) is 2.91. The summed E-state index contributed by atoms with van der Waals surface area (Å²) in [6.45, 7) is 3.64. The van der Waals surface area contributed by atoms with Crippen molar-refractivity contribution < 1.29 is 4.79 Å². The van der Waals surface area contributed by atoms with Crippen molar-refractivity contribution in [3.05, 3.63) is 54.7 Å². The van der Waals surface area contributed by atoms with E-state index < -0.39 is 5.54 Å². The van der Waals surface area contributed by atoms with Crippen molar-refractivity contribution in [3.63, 3.8) is 0 Å². The number of anilines is 2. The Bertz CT molecular complexity index is 538. The van der Waals surface area contributed by atoms with Gasteiger partial charge in [-0.3, -0.25) is 4.79 Å². The fraction of sp³-hybridized carbons (Fsp3) is 0.200. The number of amides is 1. The van der Waals surface area contributed by atoms with E-state index in [0.717, 1.165) is 5.69 Å². The number of rotatable bonds is 4. The molecule has 1 heterocycles. The number of aromatic nitrogens is 1. The lowest BCUT2D eigenvalue weighted by Crippen LogP contribution is -2.44. The molecule has 0 fully saturated rings. The topological polar surface area (TPSA) is 54.0 Å². The Morgan fingerprint density at radius 3 is 2.37 bits per heavy atom. The third-order valence-corrected chi connectivity index (χ3v) is 2.70. The highest BCUT2D eigenvalue weighted by molar-refractivity contribution is 5.99. The molecule has 0 saturated heterocycles. The Morgan fingerprint density at radius 2 is 1.74 bits per heavy atom. The largest absolute Gasteiger partial charge is 0.356 e. The van der Waals surface area contributed by atoms with Crippen LogP contribution in [0.5, 0.6) is 0 Å². The van der Waals surface area contributed by atoms with Crippen molar-refractivity contribution in [3.8, 4) is 0 Å². The highest BCUT2D eigenvalue weighted by Crippen LogP contribution is 2.15. The van der Waals surface area contributed by atoms with Gasteiger partial charge in [-0.15, -0.1) is 0 Å². The summed E-state index contributed by atoms with van der Waals surface area (Å²) in [5.74, 6) is 0.570. The zero-order valence-electron chi connectivity index (χ0n) is 11.1. The predicted molar refractivity (Wildman–Crippen MR) is 77.0 cm³/mol. The number of pyridine rings is 1. The Kier molecular flexibility index (Phi) is 3.80. The maximum Gasteiger partial charge on any atom is 0.249 e. The summed E-state index contributed by atoms with van der Waals surface area (Å²) in [6, 6.07) is 14.9. The van der Waals surface area contributed by atoms with Gasteiger partial charge >= 0.3 is 0 Å². The maximum atomic E-state index is 12.2. The molecular weight excluding hydrogens is 238 g/mol. The first-order valence-electron chi connectivity index (χ1n) is 6.14. The fourth-order valence-corrected chi connectivity index (χ4v) is 1.62. The quantitative estimate of drug-likeness (QED) is 0.883. The second-order valence-corrected chi connectivity index (χ2v) is 4.79. The molecule has 0 bridgehead atoms. The van der Waals surface area contributed by atoms with Crippen LogP contribution in [0.2, 0.25) is 0 Å². The number of hydrogen-bond donors (Lipinski definition) is 2. The van der Waals surface area contributed by atoms with Crippen LogP contribution in [0.3, 0.4) is 0 Å². The van der Waals surface area contributed by atoms with Crippen molar-refractivity contribution >= 4 is 17.4 Å². The highest BCUT2D eigenvalue weighted by Gasteiger charge is 2.27. The third-order valence-electron chi connectivity index (χ3n) is 2.70. The molecule has 0 aliphatic rings. The van der Waals surface area contributed by atoms with Gasteiger partial charge in [0, 0.05) is 11.9 Å². The van der Waals surface area contributed by atoms with E-state index in [9.17, 15) is 4.79 Å². The normalized spacial score (nSPS) is 10.8. The van der Waals surface area contributed by atoms with Crippen molar-refractivity contribution in [1.82, 2.24) is 4.98 Å². The second-order valence-electron chi connectivity index (χ2n) is 4.79. The molecule has 1 aromatic carbocycles. The SMILES string of the molecule is CC(C)(Nc1ccccn1)C(=O)Nc1ccccc1. The molecule has 0 aliphatic heterocycles. The number of hydrogen-bond acceptors (Lipinski definition) is 3. The number of nitrogens with one attached hydrogen (secondary N) is 2. The van der Waals surface area contributed by atoms with Gasteiger partial charge in [-0.2, -0.15) is 0 Å². The van der Waals surface area contributed by atoms with E-state index in [2.05, 4.69) is 15.6 Å². The number of nitrogens with zero attached hydrogens (tertiary/aromatic N) is 1. The first-order valence-corrected chi connectivity index (χ1v) is 6.14. The number of benzene rings is 1. The molecule has 98 valence electrons. The van der Waals surface area contributed by atoms with Gasteiger partial charge in [0.25, 0.3) is 0 Å². The summed E-state index contributed by atoms with van der Waals surface area (Å²) in [7, 11) is 0. The molecular formula is C15H17N3O. The average molecular weight is 255 g/mol. The Balaban J connectivity index is 2.05. The van der Waals surface area contributed by atoms with Gasteiger partial charge in [-0.25, -0.2) is 4.98 Å². The van der Waals surface area contributed by atoms with E-state index in [1.807, 2.05) is 62.4 Å².